The first-order valence-corrected chi connectivity index (χ1v) is 5.28. The van der Waals surface area contributed by atoms with Crippen molar-refractivity contribution in [3.63, 3.8) is 0 Å². The van der Waals surface area contributed by atoms with Crippen LogP contribution in [0.25, 0.3) is 11.0 Å². The van der Waals surface area contributed by atoms with Gasteiger partial charge in [0.2, 0.25) is 0 Å². The Morgan fingerprint density at radius 1 is 1.38 bits per heavy atom. The molecule has 0 saturated carbocycles. The average molecular weight is 211 g/mol. The van der Waals surface area contributed by atoms with Gasteiger partial charge in [0, 0.05) is 0 Å². The van der Waals surface area contributed by atoms with E-state index in [-0.39, 0.29) is 6.04 Å². The van der Waals surface area contributed by atoms with Crippen molar-refractivity contribution in [3.05, 3.63) is 30.5 Å². The van der Waals surface area contributed by atoms with Gasteiger partial charge in [0.25, 0.3) is 0 Å². The molecule has 0 amide bonds. The summed E-state index contributed by atoms with van der Waals surface area (Å²) in [6.07, 6.45) is 7.96. The number of nitrogens with zero attached hydrogens (tertiary/aromatic N) is 2. The second kappa shape index (κ2) is 4.63. The minimum absolute atomic E-state index is 0.00969. The van der Waals surface area contributed by atoms with Gasteiger partial charge in [0.05, 0.1) is 23.3 Å². The number of anilines is 1. The van der Waals surface area contributed by atoms with Crippen molar-refractivity contribution in [1.29, 1.82) is 0 Å². The van der Waals surface area contributed by atoms with Crippen LogP contribution >= 0.6 is 0 Å². The third-order valence-electron chi connectivity index (χ3n) is 2.38. The van der Waals surface area contributed by atoms with Crippen molar-refractivity contribution in [2.24, 2.45) is 0 Å². The summed E-state index contributed by atoms with van der Waals surface area (Å²) >= 11 is 0. The molecule has 0 saturated heterocycles. The number of fused-ring (bicyclic) bond motifs is 1. The molecule has 1 heterocycles. The molecule has 0 fully saturated rings. The normalized spacial score (nSPS) is 12.0. The molecule has 1 aromatic carbocycles. The lowest BCUT2D eigenvalue weighted by Gasteiger charge is -2.11. The first-order valence-electron chi connectivity index (χ1n) is 5.28. The van der Waals surface area contributed by atoms with E-state index in [0.29, 0.717) is 0 Å². The highest BCUT2D eigenvalue weighted by molar-refractivity contribution is 5.75. The van der Waals surface area contributed by atoms with Crippen LogP contribution in [0.15, 0.2) is 30.5 Å². The van der Waals surface area contributed by atoms with Crippen LogP contribution in [0.5, 0.6) is 0 Å². The Kier molecular flexibility index (Phi) is 3.02. The molecule has 1 aromatic heterocycles. The van der Waals surface area contributed by atoms with Crippen LogP contribution in [0.2, 0.25) is 0 Å². The van der Waals surface area contributed by atoms with Crippen molar-refractivity contribution < 1.29 is 0 Å². The maximum Gasteiger partial charge on any atom is 0.146 e. The maximum atomic E-state index is 5.38. The summed E-state index contributed by atoms with van der Waals surface area (Å²) in [6.45, 7) is 2.03. The van der Waals surface area contributed by atoms with E-state index in [0.717, 1.165) is 23.3 Å². The minimum atomic E-state index is 0.00969. The van der Waals surface area contributed by atoms with Crippen LogP contribution < -0.4 is 5.32 Å². The smallest absolute Gasteiger partial charge is 0.146 e. The summed E-state index contributed by atoms with van der Waals surface area (Å²) in [5.74, 6) is 3.39. The lowest BCUT2D eigenvalue weighted by Crippen LogP contribution is -2.16. The highest BCUT2D eigenvalue weighted by atomic mass is 15.0. The molecule has 0 aliphatic rings. The second-order valence-corrected chi connectivity index (χ2v) is 3.52. The fourth-order valence-electron chi connectivity index (χ4n) is 1.47. The van der Waals surface area contributed by atoms with Gasteiger partial charge in [-0.3, -0.25) is 4.98 Å². The predicted molar refractivity (Wildman–Crippen MR) is 66.1 cm³/mol. The molecule has 3 heteroatoms. The molecule has 1 atom stereocenters. The number of terminal acetylenes is 1. The van der Waals surface area contributed by atoms with Crippen molar-refractivity contribution in [1.82, 2.24) is 9.97 Å². The van der Waals surface area contributed by atoms with Gasteiger partial charge in [0.1, 0.15) is 5.82 Å². The number of nitrogens with one attached hydrogen (secondary N) is 1. The lowest BCUT2D eigenvalue weighted by atomic mass is 10.2. The van der Waals surface area contributed by atoms with Gasteiger partial charge in [-0.05, 0) is 18.6 Å². The predicted octanol–water partition coefficient (Wildman–Crippen LogP) is 2.45. The van der Waals surface area contributed by atoms with Crippen molar-refractivity contribution >= 4 is 16.9 Å². The second-order valence-electron chi connectivity index (χ2n) is 3.52. The van der Waals surface area contributed by atoms with Crippen molar-refractivity contribution in [2.45, 2.75) is 19.4 Å². The number of hydrogen-bond donors (Lipinski definition) is 1. The molecular weight excluding hydrogens is 198 g/mol. The van der Waals surface area contributed by atoms with E-state index in [1.807, 2.05) is 31.2 Å². The molecular formula is C13H13N3. The molecule has 0 aliphatic carbocycles. The zero-order valence-electron chi connectivity index (χ0n) is 9.14. The third kappa shape index (κ3) is 2.12. The van der Waals surface area contributed by atoms with Crippen LogP contribution in [0.1, 0.15) is 13.3 Å². The Hall–Kier alpha value is -2.08. The molecule has 3 nitrogen and oxygen atoms in total. The van der Waals surface area contributed by atoms with Gasteiger partial charge >= 0.3 is 0 Å². The molecule has 0 spiro atoms. The Balaban J connectivity index is 2.30. The largest absolute Gasteiger partial charge is 0.355 e. The molecule has 80 valence electrons. The quantitative estimate of drug-likeness (QED) is 0.792. The average Bonchev–Trinajstić information content (AvgIpc) is 2.35. The standard InChI is InChI=1S/C13H13N3/c1-3-10(4-2)15-13-9-14-11-7-5-6-8-12(11)16-13/h1,5-10H,4H2,2H3,(H,15,16). The molecule has 2 rings (SSSR count). The van der Waals surface area contributed by atoms with E-state index >= 15 is 0 Å². The summed E-state index contributed by atoms with van der Waals surface area (Å²) in [5.41, 5.74) is 1.76. The lowest BCUT2D eigenvalue weighted by molar-refractivity contribution is 0.851. The Labute approximate surface area is 94.9 Å². The number of benzene rings is 1. The molecule has 0 radical (unpaired) electrons. The molecule has 0 aliphatic heterocycles. The Bertz CT molecular complexity index is 528. The first-order chi connectivity index (χ1) is 7.83. The van der Waals surface area contributed by atoms with E-state index in [2.05, 4.69) is 21.2 Å². The van der Waals surface area contributed by atoms with Gasteiger partial charge in [0.15, 0.2) is 0 Å². The first kappa shape index (κ1) is 10.4. The van der Waals surface area contributed by atoms with Crippen LogP contribution in [0, 0.1) is 12.3 Å². The van der Waals surface area contributed by atoms with E-state index < -0.39 is 0 Å². The highest BCUT2D eigenvalue weighted by Crippen LogP contribution is 2.12. The van der Waals surface area contributed by atoms with Gasteiger partial charge in [-0.2, -0.15) is 0 Å². The number of aromatic nitrogens is 2. The monoisotopic (exact) mass is 211 g/mol. The summed E-state index contributed by atoms with van der Waals surface area (Å²) in [4.78, 5) is 8.75. The summed E-state index contributed by atoms with van der Waals surface area (Å²) < 4.78 is 0. The van der Waals surface area contributed by atoms with Crippen LogP contribution in [0.3, 0.4) is 0 Å². The summed E-state index contributed by atoms with van der Waals surface area (Å²) in [5, 5.41) is 3.16. The summed E-state index contributed by atoms with van der Waals surface area (Å²) in [7, 11) is 0. The molecule has 16 heavy (non-hydrogen) atoms. The molecule has 1 unspecified atom stereocenters. The fourth-order valence-corrected chi connectivity index (χ4v) is 1.47. The van der Waals surface area contributed by atoms with Crippen molar-refractivity contribution in [2.75, 3.05) is 5.32 Å². The minimum Gasteiger partial charge on any atom is -0.355 e. The van der Waals surface area contributed by atoms with Gasteiger partial charge < -0.3 is 5.32 Å². The van der Waals surface area contributed by atoms with E-state index in [1.54, 1.807) is 6.20 Å². The zero-order valence-corrected chi connectivity index (χ0v) is 9.14. The van der Waals surface area contributed by atoms with Crippen LogP contribution in [-0.2, 0) is 0 Å². The highest BCUT2D eigenvalue weighted by Gasteiger charge is 2.03. The summed E-state index contributed by atoms with van der Waals surface area (Å²) in [6, 6.07) is 7.77. The van der Waals surface area contributed by atoms with Crippen molar-refractivity contribution in [3.8, 4) is 12.3 Å². The third-order valence-corrected chi connectivity index (χ3v) is 2.38. The Morgan fingerprint density at radius 3 is 2.81 bits per heavy atom. The van der Waals surface area contributed by atoms with E-state index in [9.17, 15) is 0 Å². The van der Waals surface area contributed by atoms with Gasteiger partial charge in [-0.15, -0.1) is 6.42 Å². The number of rotatable bonds is 3. The van der Waals surface area contributed by atoms with E-state index in [4.69, 9.17) is 6.42 Å². The molecule has 0 bridgehead atoms. The fraction of sp³-hybridized carbons (Fsp3) is 0.231. The molecule has 1 N–H and O–H groups in total. The number of hydrogen-bond acceptors (Lipinski definition) is 3. The molecule has 2 aromatic rings. The van der Waals surface area contributed by atoms with Crippen LogP contribution in [-0.4, -0.2) is 16.0 Å². The maximum absolute atomic E-state index is 5.38. The SMILES string of the molecule is C#CC(CC)Nc1cnc2ccccc2n1. The zero-order chi connectivity index (χ0) is 11.4. The van der Waals surface area contributed by atoms with E-state index in [1.165, 1.54) is 0 Å². The van der Waals surface area contributed by atoms with Gasteiger partial charge in [-0.1, -0.05) is 25.0 Å². The van der Waals surface area contributed by atoms with Crippen LogP contribution in [0.4, 0.5) is 5.82 Å². The Morgan fingerprint density at radius 2 is 2.12 bits per heavy atom. The van der Waals surface area contributed by atoms with Gasteiger partial charge in [-0.25, -0.2) is 4.98 Å². The topological polar surface area (TPSA) is 37.8 Å². The number of para-hydroxylation sites is 2.